The minimum absolute atomic E-state index is 0.127. The number of carbonyl (C=O) groups excluding carboxylic acids is 1. The van der Waals surface area contributed by atoms with E-state index < -0.39 is 0 Å². The van der Waals surface area contributed by atoms with Crippen LogP contribution in [0.25, 0.3) is 11.0 Å². The van der Waals surface area contributed by atoms with Crippen molar-refractivity contribution >= 4 is 16.9 Å². The van der Waals surface area contributed by atoms with Gasteiger partial charge in [0.05, 0.1) is 25.5 Å². The number of rotatable bonds is 10. The van der Waals surface area contributed by atoms with E-state index in [4.69, 9.17) is 9.47 Å². The molecular formula is C22H29N5O4. The van der Waals surface area contributed by atoms with Crippen LogP contribution in [0.5, 0.6) is 11.5 Å². The fourth-order valence-corrected chi connectivity index (χ4v) is 3.15. The number of aryl methyl sites for hydroxylation is 1. The summed E-state index contributed by atoms with van der Waals surface area (Å²) in [6.45, 7) is 7.04. The van der Waals surface area contributed by atoms with Crippen LogP contribution in [-0.4, -0.2) is 38.5 Å². The van der Waals surface area contributed by atoms with Crippen molar-refractivity contribution in [1.82, 2.24) is 24.6 Å². The van der Waals surface area contributed by atoms with Gasteiger partial charge in [-0.05, 0) is 37.5 Å². The van der Waals surface area contributed by atoms with Crippen molar-refractivity contribution in [2.45, 2.75) is 46.2 Å². The average molecular weight is 428 g/mol. The maximum absolute atomic E-state index is 12.6. The topological polar surface area (TPSA) is 100 Å². The van der Waals surface area contributed by atoms with Crippen LogP contribution in [-0.2, 0) is 18.4 Å². The van der Waals surface area contributed by atoms with Gasteiger partial charge in [-0.15, -0.1) is 0 Å². The maximum Gasteiger partial charge on any atom is 0.264 e. The number of amides is 1. The van der Waals surface area contributed by atoms with Gasteiger partial charge in [-0.1, -0.05) is 19.9 Å². The molecule has 9 nitrogen and oxygen atoms in total. The lowest BCUT2D eigenvalue weighted by Gasteiger charge is -2.18. The quantitative estimate of drug-likeness (QED) is 0.534. The van der Waals surface area contributed by atoms with Crippen molar-refractivity contribution in [3.63, 3.8) is 0 Å². The second-order valence-electron chi connectivity index (χ2n) is 7.38. The molecule has 0 aliphatic rings. The van der Waals surface area contributed by atoms with E-state index in [-0.39, 0.29) is 24.1 Å². The van der Waals surface area contributed by atoms with E-state index in [1.165, 1.54) is 21.8 Å². The Hall–Kier alpha value is -3.36. The first-order valence-corrected chi connectivity index (χ1v) is 10.5. The summed E-state index contributed by atoms with van der Waals surface area (Å²) in [5, 5.41) is 7.35. The summed E-state index contributed by atoms with van der Waals surface area (Å²) < 4.78 is 14.4. The Morgan fingerprint density at radius 3 is 2.58 bits per heavy atom. The normalized spacial score (nSPS) is 12.0. The van der Waals surface area contributed by atoms with Crippen LogP contribution < -0.4 is 20.3 Å². The lowest BCUT2D eigenvalue weighted by molar-refractivity contribution is -0.122. The van der Waals surface area contributed by atoms with Crippen LogP contribution in [0.3, 0.4) is 0 Å². The molecule has 1 unspecified atom stereocenters. The third-order valence-electron chi connectivity index (χ3n) is 4.80. The Kier molecular flexibility index (Phi) is 7.28. The van der Waals surface area contributed by atoms with Gasteiger partial charge in [0.15, 0.2) is 17.1 Å². The first kappa shape index (κ1) is 22.3. The van der Waals surface area contributed by atoms with Gasteiger partial charge in [0.2, 0.25) is 5.91 Å². The van der Waals surface area contributed by atoms with Gasteiger partial charge >= 0.3 is 0 Å². The second kappa shape index (κ2) is 10.1. The second-order valence-corrected chi connectivity index (χ2v) is 7.38. The zero-order valence-electron chi connectivity index (χ0n) is 18.4. The number of nitrogens with zero attached hydrogens (tertiary/aromatic N) is 4. The Morgan fingerprint density at radius 1 is 1.16 bits per heavy atom. The molecule has 31 heavy (non-hydrogen) atoms. The third-order valence-corrected chi connectivity index (χ3v) is 4.80. The molecule has 3 rings (SSSR count). The van der Waals surface area contributed by atoms with E-state index in [1.54, 1.807) is 7.05 Å². The molecule has 0 spiro atoms. The predicted molar refractivity (Wildman–Crippen MR) is 117 cm³/mol. The highest BCUT2D eigenvalue weighted by Crippen LogP contribution is 2.31. The molecule has 0 aliphatic heterocycles. The van der Waals surface area contributed by atoms with E-state index in [0.29, 0.717) is 35.7 Å². The highest BCUT2D eigenvalue weighted by Gasteiger charge is 2.15. The van der Waals surface area contributed by atoms with Gasteiger partial charge in [0, 0.05) is 7.05 Å². The van der Waals surface area contributed by atoms with E-state index in [0.717, 1.165) is 18.4 Å². The molecule has 0 fully saturated rings. The molecule has 1 atom stereocenters. The lowest BCUT2D eigenvalue weighted by Crippen LogP contribution is -2.34. The summed E-state index contributed by atoms with van der Waals surface area (Å²) in [5.41, 5.74) is 1.07. The van der Waals surface area contributed by atoms with Crippen LogP contribution in [0, 0.1) is 0 Å². The number of nitrogens with one attached hydrogen (secondary N) is 1. The molecule has 0 saturated heterocycles. The molecule has 9 heteroatoms. The predicted octanol–water partition coefficient (Wildman–Crippen LogP) is 2.58. The molecule has 1 aromatic carbocycles. The fraction of sp³-hybridized carbons (Fsp3) is 0.455. The number of hydrogen-bond acceptors (Lipinski definition) is 6. The van der Waals surface area contributed by atoms with Crippen LogP contribution in [0.15, 0.2) is 35.5 Å². The molecule has 0 radical (unpaired) electrons. The number of hydrogen-bond donors (Lipinski definition) is 1. The number of benzene rings is 1. The Labute approximate surface area is 181 Å². The molecule has 1 N–H and O–H groups in total. The molecule has 1 amide bonds. The number of carbonyl (C=O) groups is 1. The zero-order valence-corrected chi connectivity index (χ0v) is 18.4. The van der Waals surface area contributed by atoms with Crippen LogP contribution in [0.2, 0.25) is 0 Å². The average Bonchev–Trinajstić information content (AvgIpc) is 3.14. The third kappa shape index (κ3) is 5.22. The molecule has 166 valence electrons. The molecule has 0 aliphatic carbocycles. The molecular weight excluding hydrogens is 398 g/mol. The summed E-state index contributed by atoms with van der Waals surface area (Å²) in [5.74, 6) is 1.07. The van der Waals surface area contributed by atoms with Crippen molar-refractivity contribution in [2.24, 2.45) is 7.05 Å². The lowest BCUT2D eigenvalue weighted by atomic mass is 10.1. The number of ether oxygens (including phenoxy) is 2. The highest BCUT2D eigenvalue weighted by molar-refractivity contribution is 5.77. The molecule has 0 saturated carbocycles. The molecule has 3 aromatic rings. The summed E-state index contributed by atoms with van der Waals surface area (Å²) >= 11 is 0. The summed E-state index contributed by atoms with van der Waals surface area (Å²) in [4.78, 5) is 29.4. The van der Waals surface area contributed by atoms with Crippen LogP contribution in [0.1, 0.15) is 45.2 Å². The SMILES string of the molecule is CCCOc1ccc(C(C)NC(=O)Cn2cnc3c(cnn3C)c2=O)cc1OCCC. The Morgan fingerprint density at radius 2 is 1.87 bits per heavy atom. The Bertz CT molecular complexity index is 1100. The van der Waals surface area contributed by atoms with E-state index >= 15 is 0 Å². The minimum atomic E-state index is -0.298. The van der Waals surface area contributed by atoms with Crippen molar-refractivity contribution in [2.75, 3.05) is 13.2 Å². The van der Waals surface area contributed by atoms with Gasteiger partial charge < -0.3 is 14.8 Å². The fourth-order valence-electron chi connectivity index (χ4n) is 3.15. The van der Waals surface area contributed by atoms with Crippen molar-refractivity contribution in [1.29, 1.82) is 0 Å². The molecule has 2 heterocycles. The van der Waals surface area contributed by atoms with Gasteiger partial charge in [0.1, 0.15) is 18.3 Å². The highest BCUT2D eigenvalue weighted by atomic mass is 16.5. The van der Waals surface area contributed by atoms with E-state index in [2.05, 4.69) is 15.4 Å². The van der Waals surface area contributed by atoms with Crippen LogP contribution in [0.4, 0.5) is 0 Å². The summed E-state index contributed by atoms with van der Waals surface area (Å²) in [7, 11) is 1.71. The van der Waals surface area contributed by atoms with Gasteiger partial charge in [-0.2, -0.15) is 5.10 Å². The minimum Gasteiger partial charge on any atom is -0.490 e. The smallest absolute Gasteiger partial charge is 0.264 e. The molecule has 0 bridgehead atoms. The van der Waals surface area contributed by atoms with E-state index in [9.17, 15) is 9.59 Å². The Balaban J connectivity index is 1.71. The van der Waals surface area contributed by atoms with Crippen LogP contribution >= 0.6 is 0 Å². The largest absolute Gasteiger partial charge is 0.490 e. The number of fused-ring (bicyclic) bond motifs is 1. The van der Waals surface area contributed by atoms with Crippen molar-refractivity contribution in [3.8, 4) is 11.5 Å². The van der Waals surface area contributed by atoms with Crippen molar-refractivity contribution < 1.29 is 14.3 Å². The standard InChI is InChI=1S/C22H29N5O4/c1-5-9-30-18-8-7-16(11-19(18)31-10-6-2)15(3)25-20(28)13-27-14-23-21-17(22(27)29)12-24-26(21)4/h7-8,11-12,14-15H,5-6,9-10,13H2,1-4H3,(H,25,28). The van der Waals surface area contributed by atoms with Gasteiger partial charge in [-0.3, -0.25) is 18.8 Å². The number of aromatic nitrogens is 4. The first-order valence-electron chi connectivity index (χ1n) is 10.5. The van der Waals surface area contributed by atoms with Crippen molar-refractivity contribution in [3.05, 3.63) is 46.6 Å². The zero-order chi connectivity index (χ0) is 22.4. The maximum atomic E-state index is 12.6. The van der Waals surface area contributed by atoms with E-state index in [1.807, 2.05) is 39.0 Å². The summed E-state index contributed by atoms with van der Waals surface area (Å²) in [6, 6.07) is 5.39. The molecule has 2 aromatic heterocycles. The summed E-state index contributed by atoms with van der Waals surface area (Å²) in [6.07, 6.45) is 4.61. The van der Waals surface area contributed by atoms with Gasteiger partial charge in [0.25, 0.3) is 5.56 Å². The first-order chi connectivity index (χ1) is 14.9. The van der Waals surface area contributed by atoms with Gasteiger partial charge in [-0.25, -0.2) is 4.98 Å². The monoisotopic (exact) mass is 427 g/mol.